The monoisotopic (exact) mass is 280 g/mol. The Kier molecular flexibility index (Phi) is 5.83. The van der Waals surface area contributed by atoms with E-state index in [0.29, 0.717) is 6.04 Å². The molecule has 1 aromatic rings. The Bertz CT molecular complexity index is 365. The molecule has 1 aromatic heterocycles. The maximum atomic E-state index is 4.83. The van der Waals surface area contributed by atoms with Crippen LogP contribution in [0, 0.1) is 5.92 Å². The fourth-order valence-corrected chi connectivity index (χ4v) is 4.00. The maximum Gasteiger partial charge on any atom is 0.0959 e. The second kappa shape index (κ2) is 7.39. The van der Waals surface area contributed by atoms with E-state index < -0.39 is 0 Å². The SMILES string of the molecule is CCCC1CCC(c2nc(CNC(C)C)cs2)CC1. The van der Waals surface area contributed by atoms with E-state index in [1.165, 1.54) is 49.2 Å². The van der Waals surface area contributed by atoms with E-state index in [2.05, 4.69) is 31.5 Å². The zero-order chi connectivity index (χ0) is 13.7. The molecule has 1 N–H and O–H groups in total. The molecule has 2 nitrogen and oxygen atoms in total. The third-order valence-corrected chi connectivity index (χ3v) is 5.21. The summed E-state index contributed by atoms with van der Waals surface area (Å²) in [5, 5.41) is 7.07. The highest BCUT2D eigenvalue weighted by atomic mass is 32.1. The first-order valence-corrected chi connectivity index (χ1v) is 8.74. The lowest BCUT2D eigenvalue weighted by Crippen LogP contribution is -2.22. The van der Waals surface area contributed by atoms with Crippen molar-refractivity contribution in [3.63, 3.8) is 0 Å². The molecule has 3 heteroatoms. The number of thiazole rings is 1. The molecule has 0 spiro atoms. The van der Waals surface area contributed by atoms with Gasteiger partial charge in [0.25, 0.3) is 0 Å². The first-order valence-electron chi connectivity index (χ1n) is 7.86. The molecule has 0 aliphatic heterocycles. The number of rotatable bonds is 6. The normalized spacial score (nSPS) is 24.0. The Morgan fingerprint density at radius 1 is 1.32 bits per heavy atom. The molecule has 0 radical (unpaired) electrons. The topological polar surface area (TPSA) is 24.9 Å². The number of nitrogens with zero attached hydrogens (tertiary/aromatic N) is 1. The summed E-state index contributed by atoms with van der Waals surface area (Å²) in [6.45, 7) is 7.59. The van der Waals surface area contributed by atoms with Gasteiger partial charge in [-0.05, 0) is 31.6 Å². The lowest BCUT2D eigenvalue weighted by atomic mass is 9.80. The summed E-state index contributed by atoms with van der Waals surface area (Å²) < 4.78 is 0. The van der Waals surface area contributed by atoms with Crippen LogP contribution < -0.4 is 5.32 Å². The smallest absolute Gasteiger partial charge is 0.0959 e. The van der Waals surface area contributed by atoms with Gasteiger partial charge in [0.05, 0.1) is 10.7 Å². The van der Waals surface area contributed by atoms with Gasteiger partial charge in [0, 0.05) is 23.9 Å². The molecule has 0 atom stereocenters. The van der Waals surface area contributed by atoms with Crippen LogP contribution in [0.1, 0.15) is 75.9 Å². The van der Waals surface area contributed by atoms with Crippen molar-refractivity contribution in [3.8, 4) is 0 Å². The summed E-state index contributed by atoms with van der Waals surface area (Å²) in [7, 11) is 0. The Balaban J connectivity index is 1.82. The molecule has 0 aromatic carbocycles. The summed E-state index contributed by atoms with van der Waals surface area (Å²) in [5.41, 5.74) is 1.23. The van der Waals surface area contributed by atoms with E-state index in [0.717, 1.165) is 18.4 Å². The highest BCUT2D eigenvalue weighted by Gasteiger charge is 2.23. The largest absolute Gasteiger partial charge is 0.309 e. The molecule has 1 saturated carbocycles. The van der Waals surface area contributed by atoms with Crippen molar-refractivity contribution in [1.29, 1.82) is 0 Å². The molecule has 1 heterocycles. The molecular weight excluding hydrogens is 252 g/mol. The molecule has 2 rings (SSSR count). The van der Waals surface area contributed by atoms with Gasteiger partial charge >= 0.3 is 0 Å². The molecule has 108 valence electrons. The van der Waals surface area contributed by atoms with Crippen LogP contribution in [0.3, 0.4) is 0 Å². The highest BCUT2D eigenvalue weighted by molar-refractivity contribution is 7.09. The minimum Gasteiger partial charge on any atom is -0.309 e. The number of nitrogens with one attached hydrogen (secondary N) is 1. The van der Waals surface area contributed by atoms with Crippen molar-refractivity contribution in [2.24, 2.45) is 5.92 Å². The van der Waals surface area contributed by atoms with Crippen LogP contribution in [-0.2, 0) is 6.54 Å². The molecule has 19 heavy (non-hydrogen) atoms. The molecule has 1 fully saturated rings. The quantitative estimate of drug-likeness (QED) is 0.816. The third kappa shape index (κ3) is 4.57. The summed E-state index contributed by atoms with van der Waals surface area (Å²) >= 11 is 1.87. The number of hydrogen-bond acceptors (Lipinski definition) is 3. The van der Waals surface area contributed by atoms with Crippen LogP contribution in [0.4, 0.5) is 0 Å². The molecule has 1 aliphatic carbocycles. The lowest BCUT2D eigenvalue weighted by Gasteiger charge is -2.26. The minimum absolute atomic E-state index is 0.537. The van der Waals surface area contributed by atoms with E-state index in [4.69, 9.17) is 4.98 Å². The predicted molar refractivity (Wildman–Crippen MR) is 83.7 cm³/mol. The van der Waals surface area contributed by atoms with Gasteiger partial charge in [-0.25, -0.2) is 4.98 Å². The Labute approximate surface area is 122 Å². The van der Waals surface area contributed by atoms with Crippen LogP contribution >= 0.6 is 11.3 Å². The van der Waals surface area contributed by atoms with Crippen molar-refractivity contribution in [2.75, 3.05) is 0 Å². The molecule has 1 aliphatic rings. The average Bonchev–Trinajstić information content (AvgIpc) is 2.86. The Hall–Kier alpha value is -0.410. The molecule has 0 unspecified atom stereocenters. The first-order chi connectivity index (χ1) is 9.19. The van der Waals surface area contributed by atoms with E-state index in [1.807, 2.05) is 11.3 Å². The van der Waals surface area contributed by atoms with Crippen molar-refractivity contribution in [1.82, 2.24) is 10.3 Å². The van der Waals surface area contributed by atoms with Gasteiger partial charge in [-0.15, -0.1) is 11.3 Å². The third-order valence-electron chi connectivity index (χ3n) is 4.15. The van der Waals surface area contributed by atoms with Crippen molar-refractivity contribution in [3.05, 3.63) is 16.1 Å². The Morgan fingerprint density at radius 2 is 2.05 bits per heavy atom. The van der Waals surface area contributed by atoms with E-state index in [-0.39, 0.29) is 0 Å². The molecule has 0 bridgehead atoms. The van der Waals surface area contributed by atoms with Crippen LogP contribution in [0.25, 0.3) is 0 Å². The molecule has 0 saturated heterocycles. The van der Waals surface area contributed by atoms with Gasteiger partial charge in [-0.3, -0.25) is 0 Å². The van der Waals surface area contributed by atoms with Crippen molar-refractivity contribution >= 4 is 11.3 Å². The summed E-state index contributed by atoms with van der Waals surface area (Å²) in [4.78, 5) is 4.83. The van der Waals surface area contributed by atoms with Gasteiger partial charge in [-0.2, -0.15) is 0 Å². The average molecular weight is 280 g/mol. The van der Waals surface area contributed by atoms with Crippen LogP contribution in [0.5, 0.6) is 0 Å². The first kappa shape index (κ1) is 15.0. The van der Waals surface area contributed by atoms with Gasteiger partial charge in [-0.1, -0.05) is 33.6 Å². The zero-order valence-corrected chi connectivity index (χ0v) is 13.4. The van der Waals surface area contributed by atoms with Crippen molar-refractivity contribution < 1.29 is 0 Å². The standard InChI is InChI=1S/C16H28N2S/c1-4-5-13-6-8-14(9-7-13)16-18-15(11-19-16)10-17-12(2)3/h11-14,17H,4-10H2,1-3H3. The fourth-order valence-electron chi connectivity index (χ4n) is 3.01. The van der Waals surface area contributed by atoms with E-state index in [9.17, 15) is 0 Å². The van der Waals surface area contributed by atoms with E-state index >= 15 is 0 Å². The summed E-state index contributed by atoms with van der Waals surface area (Å²) in [6, 6.07) is 0.537. The van der Waals surface area contributed by atoms with Crippen molar-refractivity contribution in [2.45, 2.75) is 77.8 Å². The van der Waals surface area contributed by atoms with Crippen LogP contribution in [-0.4, -0.2) is 11.0 Å². The fraction of sp³-hybridized carbons (Fsp3) is 0.812. The van der Waals surface area contributed by atoms with Gasteiger partial charge in [0.2, 0.25) is 0 Å². The second-order valence-electron chi connectivity index (χ2n) is 6.22. The Morgan fingerprint density at radius 3 is 2.68 bits per heavy atom. The van der Waals surface area contributed by atoms with E-state index in [1.54, 1.807) is 0 Å². The number of aromatic nitrogens is 1. The number of hydrogen-bond donors (Lipinski definition) is 1. The zero-order valence-electron chi connectivity index (χ0n) is 12.6. The molecule has 0 amide bonds. The van der Waals surface area contributed by atoms with Gasteiger partial charge < -0.3 is 5.32 Å². The maximum absolute atomic E-state index is 4.83. The minimum atomic E-state index is 0.537. The van der Waals surface area contributed by atoms with Gasteiger partial charge in [0.1, 0.15) is 0 Å². The van der Waals surface area contributed by atoms with Crippen LogP contribution in [0.15, 0.2) is 5.38 Å². The molecular formula is C16H28N2S. The van der Waals surface area contributed by atoms with Crippen LogP contribution in [0.2, 0.25) is 0 Å². The second-order valence-corrected chi connectivity index (χ2v) is 7.11. The summed E-state index contributed by atoms with van der Waals surface area (Å²) in [5.74, 6) is 1.73. The summed E-state index contributed by atoms with van der Waals surface area (Å²) in [6.07, 6.45) is 8.31. The lowest BCUT2D eigenvalue weighted by molar-refractivity contribution is 0.308. The highest BCUT2D eigenvalue weighted by Crippen LogP contribution is 2.38. The predicted octanol–water partition coefficient (Wildman–Crippen LogP) is 4.72. The van der Waals surface area contributed by atoms with Gasteiger partial charge in [0.15, 0.2) is 0 Å².